The van der Waals surface area contributed by atoms with Crippen LogP contribution in [0.15, 0.2) is 24.5 Å². The van der Waals surface area contributed by atoms with E-state index in [1.807, 2.05) is 18.5 Å². The first-order valence-corrected chi connectivity index (χ1v) is 10.9. The monoisotopic (exact) mass is 364 g/mol. The third-order valence-corrected chi connectivity index (χ3v) is 9.23. The Balaban J connectivity index is 1.49. The molecule has 0 aromatic carbocycles. The minimum Gasteiger partial charge on any atom is -0.300 e. The number of Topliss-reactive ketones (excluding diaryl/α,β-unsaturated/α-hetero) is 1. The van der Waals surface area contributed by atoms with Crippen LogP contribution in [0.3, 0.4) is 0 Å². The maximum absolute atomic E-state index is 12.1. The van der Waals surface area contributed by atoms with Crippen LogP contribution >= 0.6 is 0 Å². The summed E-state index contributed by atoms with van der Waals surface area (Å²) in [6.45, 7) is 7.48. The number of allylic oxidation sites excluding steroid dienone is 2. The van der Waals surface area contributed by atoms with E-state index in [4.69, 9.17) is 0 Å². The fraction of sp³-hybridized carbons (Fsp3) is 0.708. The van der Waals surface area contributed by atoms with Gasteiger partial charge in [-0.2, -0.15) is 0 Å². The molecule has 1 heterocycles. The lowest BCUT2D eigenvalue weighted by Gasteiger charge is -2.62. The third kappa shape index (κ3) is 2.42. The van der Waals surface area contributed by atoms with E-state index in [0.29, 0.717) is 29.0 Å². The van der Waals surface area contributed by atoms with Gasteiger partial charge in [-0.05, 0) is 84.2 Å². The van der Waals surface area contributed by atoms with E-state index in [1.165, 1.54) is 31.3 Å². The lowest BCUT2D eigenvalue weighted by Crippen LogP contribution is -2.55. The molecular formula is C24H32N2O. The zero-order valence-electron chi connectivity index (χ0n) is 16.9. The molecule has 0 bridgehead atoms. The number of fused-ring (bicyclic) bond motifs is 5. The lowest BCUT2D eigenvalue weighted by molar-refractivity contribution is -0.144. The highest BCUT2D eigenvalue weighted by atomic mass is 16.1. The van der Waals surface area contributed by atoms with Crippen LogP contribution in [-0.2, 0) is 4.79 Å². The Morgan fingerprint density at radius 3 is 2.67 bits per heavy atom. The molecule has 0 aliphatic heterocycles. The molecule has 4 aliphatic rings. The average Bonchev–Trinajstić information content (AvgIpc) is 3.01. The average molecular weight is 365 g/mol. The van der Waals surface area contributed by atoms with Crippen molar-refractivity contribution in [3.63, 3.8) is 0 Å². The van der Waals surface area contributed by atoms with Crippen molar-refractivity contribution < 1.29 is 4.79 Å². The molecule has 1 aromatic heterocycles. The number of rotatable bonds is 1. The molecule has 27 heavy (non-hydrogen) atoms. The predicted octanol–water partition coefficient (Wildman–Crippen LogP) is 5.33. The molecule has 7 atom stereocenters. The van der Waals surface area contributed by atoms with Crippen molar-refractivity contribution in [2.24, 2.45) is 40.4 Å². The summed E-state index contributed by atoms with van der Waals surface area (Å²) in [6, 6.07) is 1.91. The number of nitrogens with zero attached hydrogens (tertiary/aromatic N) is 2. The predicted molar refractivity (Wildman–Crippen MR) is 107 cm³/mol. The van der Waals surface area contributed by atoms with Gasteiger partial charge in [0.1, 0.15) is 5.78 Å². The van der Waals surface area contributed by atoms with E-state index in [2.05, 4.69) is 36.8 Å². The Labute approximate surface area is 163 Å². The molecule has 1 aromatic rings. The van der Waals surface area contributed by atoms with E-state index in [0.717, 1.165) is 36.9 Å². The SMILES string of the molecule is C[C@@H]1CC2CC(=O)CC[C@]2(C)[C@H]2CC[C@]3(C)C(c4ncccn4)=CC[C@H]3[C@H]12. The van der Waals surface area contributed by atoms with Crippen molar-refractivity contribution in [3.8, 4) is 0 Å². The molecule has 4 aliphatic carbocycles. The van der Waals surface area contributed by atoms with Crippen molar-refractivity contribution in [2.45, 2.75) is 65.7 Å². The first-order chi connectivity index (χ1) is 12.9. The Kier molecular flexibility index (Phi) is 3.90. The van der Waals surface area contributed by atoms with Crippen LogP contribution in [-0.4, -0.2) is 15.8 Å². The molecule has 3 saturated carbocycles. The van der Waals surface area contributed by atoms with Gasteiger partial charge in [0.25, 0.3) is 0 Å². The molecule has 0 amide bonds. The minimum absolute atomic E-state index is 0.213. The summed E-state index contributed by atoms with van der Waals surface area (Å²) in [5, 5.41) is 0. The van der Waals surface area contributed by atoms with E-state index in [1.54, 1.807) is 0 Å². The smallest absolute Gasteiger partial charge is 0.155 e. The highest BCUT2D eigenvalue weighted by molar-refractivity contribution is 5.79. The molecule has 5 rings (SSSR count). The third-order valence-electron chi connectivity index (χ3n) is 9.23. The van der Waals surface area contributed by atoms with Crippen molar-refractivity contribution in [1.29, 1.82) is 0 Å². The van der Waals surface area contributed by atoms with Gasteiger partial charge in [-0.25, -0.2) is 9.97 Å². The summed E-state index contributed by atoms with van der Waals surface area (Å²) in [5.41, 5.74) is 1.98. The van der Waals surface area contributed by atoms with Gasteiger partial charge in [0.2, 0.25) is 0 Å². The van der Waals surface area contributed by atoms with Crippen LogP contribution in [0, 0.1) is 40.4 Å². The number of aromatic nitrogens is 2. The Bertz CT molecular complexity index is 787. The van der Waals surface area contributed by atoms with Crippen molar-refractivity contribution in [1.82, 2.24) is 9.97 Å². The van der Waals surface area contributed by atoms with Gasteiger partial charge in [0.05, 0.1) is 0 Å². The summed E-state index contributed by atoms with van der Waals surface area (Å²) in [6.07, 6.45) is 13.9. The summed E-state index contributed by atoms with van der Waals surface area (Å²) in [7, 11) is 0. The van der Waals surface area contributed by atoms with Crippen LogP contribution in [0.1, 0.15) is 71.5 Å². The first kappa shape index (κ1) is 17.6. The van der Waals surface area contributed by atoms with Crippen LogP contribution in [0.5, 0.6) is 0 Å². The molecule has 0 radical (unpaired) electrons. The molecule has 1 unspecified atom stereocenters. The largest absolute Gasteiger partial charge is 0.300 e. The van der Waals surface area contributed by atoms with Gasteiger partial charge >= 0.3 is 0 Å². The molecule has 3 heteroatoms. The van der Waals surface area contributed by atoms with E-state index in [-0.39, 0.29) is 5.41 Å². The standard InChI is InChI=1S/C24H32N2O/c1-15-13-16-14-17(27)7-9-23(16,2)19-8-10-24(3)18(21(15)19)5-6-20(24)22-25-11-4-12-26-22/h4,6,11-12,15-16,18-19,21H,5,7-10,13-14H2,1-3H3/t15-,16?,18+,19+,21+,23+,24+/m1/s1. The molecule has 3 nitrogen and oxygen atoms in total. The Morgan fingerprint density at radius 1 is 1.11 bits per heavy atom. The van der Waals surface area contributed by atoms with Gasteiger partial charge in [-0.3, -0.25) is 4.79 Å². The van der Waals surface area contributed by atoms with Crippen molar-refractivity contribution >= 4 is 11.4 Å². The molecule has 3 fully saturated rings. The lowest BCUT2D eigenvalue weighted by atomic mass is 9.42. The Hall–Kier alpha value is -1.51. The van der Waals surface area contributed by atoms with Crippen molar-refractivity contribution in [2.75, 3.05) is 0 Å². The Morgan fingerprint density at radius 2 is 1.89 bits per heavy atom. The van der Waals surface area contributed by atoms with Gasteiger partial charge in [0, 0.05) is 25.2 Å². The summed E-state index contributed by atoms with van der Waals surface area (Å²) in [5.74, 6) is 5.04. The summed E-state index contributed by atoms with van der Waals surface area (Å²) < 4.78 is 0. The molecular weight excluding hydrogens is 332 g/mol. The van der Waals surface area contributed by atoms with E-state index in [9.17, 15) is 4.79 Å². The van der Waals surface area contributed by atoms with E-state index < -0.39 is 0 Å². The molecule has 0 spiro atoms. The van der Waals surface area contributed by atoms with E-state index >= 15 is 0 Å². The van der Waals surface area contributed by atoms with Crippen LogP contribution in [0.25, 0.3) is 5.57 Å². The van der Waals surface area contributed by atoms with Crippen LogP contribution < -0.4 is 0 Å². The number of hydrogen-bond donors (Lipinski definition) is 0. The maximum atomic E-state index is 12.1. The zero-order valence-corrected chi connectivity index (χ0v) is 16.9. The molecule has 0 saturated heterocycles. The highest BCUT2D eigenvalue weighted by Gasteiger charge is 2.60. The normalized spacial score (nSPS) is 46.3. The second kappa shape index (κ2) is 5.99. The summed E-state index contributed by atoms with van der Waals surface area (Å²) >= 11 is 0. The highest BCUT2D eigenvalue weighted by Crippen LogP contribution is 2.68. The molecule has 144 valence electrons. The van der Waals surface area contributed by atoms with Gasteiger partial charge in [0.15, 0.2) is 5.82 Å². The summed E-state index contributed by atoms with van der Waals surface area (Å²) in [4.78, 5) is 21.3. The van der Waals surface area contributed by atoms with Crippen LogP contribution in [0.2, 0.25) is 0 Å². The maximum Gasteiger partial charge on any atom is 0.155 e. The van der Waals surface area contributed by atoms with Gasteiger partial charge in [-0.1, -0.05) is 26.8 Å². The van der Waals surface area contributed by atoms with Gasteiger partial charge < -0.3 is 0 Å². The number of carbonyl (C=O) groups excluding carboxylic acids is 1. The molecule has 0 N–H and O–H groups in total. The van der Waals surface area contributed by atoms with Gasteiger partial charge in [-0.15, -0.1) is 0 Å². The number of carbonyl (C=O) groups is 1. The second-order valence-electron chi connectivity index (χ2n) is 10.3. The zero-order chi connectivity index (χ0) is 18.8. The topological polar surface area (TPSA) is 42.9 Å². The first-order valence-electron chi connectivity index (χ1n) is 10.9. The number of hydrogen-bond acceptors (Lipinski definition) is 3. The fourth-order valence-corrected chi connectivity index (χ4v) is 7.78. The second-order valence-corrected chi connectivity index (χ2v) is 10.3. The fourth-order valence-electron chi connectivity index (χ4n) is 7.78. The quantitative estimate of drug-likeness (QED) is 0.676. The van der Waals surface area contributed by atoms with Crippen molar-refractivity contribution in [3.05, 3.63) is 30.4 Å². The minimum atomic E-state index is 0.213. The number of ketones is 1. The van der Waals surface area contributed by atoms with Crippen LogP contribution in [0.4, 0.5) is 0 Å².